The number of nitrogens with zero attached hydrogens (tertiary/aromatic N) is 1. The van der Waals surface area contributed by atoms with Gasteiger partial charge in [-0.05, 0) is 38.4 Å². The summed E-state index contributed by atoms with van der Waals surface area (Å²) in [5.41, 5.74) is 5.86. The van der Waals surface area contributed by atoms with Crippen LogP contribution in [-0.2, 0) is 0 Å². The van der Waals surface area contributed by atoms with Gasteiger partial charge in [0.2, 0.25) is 0 Å². The Morgan fingerprint density at radius 1 is 1.35 bits per heavy atom. The summed E-state index contributed by atoms with van der Waals surface area (Å²) in [7, 11) is 0. The van der Waals surface area contributed by atoms with Crippen molar-refractivity contribution >= 4 is 40.0 Å². The predicted octanol–water partition coefficient (Wildman–Crippen LogP) is 2.31. The lowest BCUT2D eigenvalue weighted by molar-refractivity contribution is 0.0943. The van der Waals surface area contributed by atoms with Crippen molar-refractivity contribution in [1.29, 1.82) is 0 Å². The molecule has 0 aromatic carbocycles. The Kier molecular flexibility index (Phi) is 4.07. The molecule has 110 valence electrons. The van der Waals surface area contributed by atoms with Crippen molar-refractivity contribution < 1.29 is 4.79 Å². The normalized spacial score (nSPS) is 25.6. The number of hydrogen-bond donors (Lipinski definition) is 3. The van der Waals surface area contributed by atoms with Crippen molar-refractivity contribution in [3.8, 4) is 0 Å². The molecule has 0 radical (unpaired) electrons. The van der Waals surface area contributed by atoms with Crippen LogP contribution in [-0.4, -0.2) is 34.5 Å². The third kappa shape index (κ3) is 3.20. The number of aromatic nitrogens is 1. The second-order valence-electron chi connectivity index (χ2n) is 5.49. The highest BCUT2D eigenvalue weighted by Gasteiger charge is 2.28. The summed E-state index contributed by atoms with van der Waals surface area (Å²) >= 11 is 3.25. The van der Waals surface area contributed by atoms with E-state index in [2.05, 4.69) is 21.9 Å². The van der Waals surface area contributed by atoms with Gasteiger partial charge in [-0.1, -0.05) is 11.3 Å². The molecule has 2 aliphatic rings. The van der Waals surface area contributed by atoms with Crippen LogP contribution in [0.25, 0.3) is 0 Å². The summed E-state index contributed by atoms with van der Waals surface area (Å²) in [6, 6.07) is 0.801. The maximum atomic E-state index is 12.3. The summed E-state index contributed by atoms with van der Waals surface area (Å²) in [6.45, 7) is 0. The zero-order chi connectivity index (χ0) is 14.1. The molecule has 1 aromatic heterocycles. The third-order valence-electron chi connectivity index (χ3n) is 3.82. The Bertz CT molecular complexity index is 501. The zero-order valence-corrected chi connectivity index (χ0v) is 13.1. The van der Waals surface area contributed by atoms with E-state index in [4.69, 9.17) is 5.73 Å². The smallest absolute Gasteiger partial charge is 0.265 e. The molecule has 0 spiro atoms. The van der Waals surface area contributed by atoms with Crippen molar-refractivity contribution in [2.45, 2.75) is 49.4 Å². The number of nitrogens with one attached hydrogen (secondary N) is 2. The Morgan fingerprint density at radius 3 is 2.75 bits per heavy atom. The van der Waals surface area contributed by atoms with E-state index in [-0.39, 0.29) is 11.9 Å². The number of hydrogen-bond acceptors (Lipinski definition) is 6. The lowest BCUT2D eigenvalue weighted by Crippen LogP contribution is -2.33. The maximum Gasteiger partial charge on any atom is 0.265 e. The van der Waals surface area contributed by atoms with Gasteiger partial charge in [0.1, 0.15) is 10.7 Å². The molecule has 1 heterocycles. The summed E-state index contributed by atoms with van der Waals surface area (Å²) in [6.07, 6.45) is 7.78. The van der Waals surface area contributed by atoms with Gasteiger partial charge in [-0.15, -0.1) is 0 Å². The van der Waals surface area contributed by atoms with Crippen LogP contribution >= 0.6 is 23.1 Å². The van der Waals surface area contributed by atoms with Crippen LogP contribution < -0.4 is 16.4 Å². The van der Waals surface area contributed by atoms with Gasteiger partial charge in [0.05, 0.1) is 0 Å². The van der Waals surface area contributed by atoms with Crippen LogP contribution in [0.4, 0.5) is 10.9 Å². The summed E-state index contributed by atoms with van der Waals surface area (Å²) in [5, 5.41) is 7.82. The number of amides is 1. The van der Waals surface area contributed by atoms with Crippen molar-refractivity contribution in [3.63, 3.8) is 0 Å². The van der Waals surface area contributed by atoms with E-state index in [0.29, 0.717) is 22.0 Å². The molecular formula is C13H20N4OS2. The largest absolute Gasteiger partial charge is 0.382 e. The molecule has 20 heavy (non-hydrogen) atoms. The van der Waals surface area contributed by atoms with Crippen LogP contribution in [0, 0.1) is 0 Å². The van der Waals surface area contributed by atoms with E-state index >= 15 is 0 Å². The monoisotopic (exact) mass is 312 g/mol. The number of carbonyl (C=O) groups excluding carboxylic acids is 1. The van der Waals surface area contributed by atoms with Gasteiger partial charge in [0, 0.05) is 17.3 Å². The summed E-state index contributed by atoms with van der Waals surface area (Å²) < 4.78 is 0. The molecule has 1 amide bonds. The first kappa shape index (κ1) is 14.0. The molecule has 0 saturated heterocycles. The second kappa shape index (κ2) is 5.81. The number of thiazole rings is 1. The van der Waals surface area contributed by atoms with Crippen LogP contribution in [0.3, 0.4) is 0 Å². The van der Waals surface area contributed by atoms with E-state index in [1.54, 1.807) is 0 Å². The predicted molar refractivity (Wildman–Crippen MR) is 85.6 cm³/mol. The molecule has 2 atom stereocenters. The van der Waals surface area contributed by atoms with E-state index in [1.807, 2.05) is 11.8 Å². The standard InChI is InChI=1S/C13H20N4OS2/c1-19-9-5-4-8(6-9)15-12(18)10-11(14)17-13(20-10)16-7-2-3-7/h7-9H,2-6,14H2,1H3,(H,15,18)(H,16,17). The number of nitrogens with two attached hydrogens (primary N) is 1. The van der Waals surface area contributed by atoms with E-state index < -0.39 is 0 Å². The highest BCUT2D eigenvalue weighted by atomic mass is 32.2. The minimum Gasteiger partial charge on any atom is -0.382 e. The van der Waals surface area contributed by atoms with Crippen LogP contribution in [0.5, 0.6) is 0 Å². The molecule has 4 N–H and O–H groups in total. The van der Waals surface area contributed by atoms with Gasteiger partial charge >= 0.3 is 0 Å². The fourth-order valence-electron chi connectivity index (χ4n) is 2.49. The quantitative estimate of drug-likeness (QED) is 0.777. The molecular weight excluding hydrogens is 292 g/mol. The van der Waals surface area contributed by atoms with E-state index in [9.17, 15) is 4.79 Å². The molecule has 5 nitrogen and oxygen atoms in total. The number of anilines is 2. The first-order chi connectivity index (χ1) is 9.65. The first-order valence-electron chi connectivity index (χ1n) is 7.02. The topological polar surface area (TPSA) is 80.0 Å². The number of carbonyl (C=O) groups is 1. The van der Waals surface area contributed by atoms with Crippen LogP contribution in [0.2, 0.25) is 0 Å². The fourth-order valence-corrected chi connectivity index (χ4v) is 4.16. The van der Waals surface area contributed by atoms with Gasteiger partial charge in [-0.25, -0.2) is 4.98 Å². The molecule has 2 saturated carbocycles. The van der Waals surface area contributed by atoms with Crippen molar-refractivity contribution in [2.24, 2.45) is 0 Å². The maximum absolute atomic E-state index is 12.3. The molecule has 0 bridgehead atoms. The van der Waals surface area contributed by atoms with Crippen molar-refractivity contribution in [1.82, 2.24) is 10.3 Å². The molecule has 7 heteroatoms. The van der Waals surface area contributed by atoms with Crippen molar-refractivity contribution in [2.75, 3.05) is 17.3 Å². The fraction of sp³-hybridized carbons (Fsp3) is 0.692. The molecule has 3 rings (SSSR count). The minimum absolute atomic E-state index is 0.0735. The zero-order valence-electron chi connectivity index (χ0n) is 11.5. The van der Waals surface area contributed by atoms with Gasteiger partial charge in [-0.2, -0.15) is 11.8 Å². The third-order valence-corrected chi connectivity index (χ3v) is 5.91. The van der Waals surface area contributed by atoms with E-state index in [0.717, 1.165) is 18.0 Å². The highest BCUT2D eigenvalue weighted by molar-refractivity contribution is 7.99. The Hall–Kier alpha value is -0.950. The van der Waals surface area contributed by atoms with E-state index in [1.165, 1.54) is 30.6 Å². The first-order valence-corrected chi connectivity index (χ1v) is 9.12. The van der Waals surface area contributed by atoms with Gasteiger partial charge in [0.15, 0.2) is 5.13 Å². The Labute approximate surface area is 127 Å². The highest BCUT2D eigenvalue weighted by Crippen LogP contribution is 2.32. The van der Waals surface area contributed by atoms with Crippen LogP contribution in [0.15, 0.2) is 0 Å². The summed E-state index contributed by atoms with van der Waals surface area (Å²) in [5.74, 6) is 0.269. The van der Waals surface area contributed by atoms with Crippen LogP contribution in [0.1, 0.15) is 41.8 Å². The SMILES string of the molecule is CSC1CCC(NC(=O)c2sc(NC3CC3)nc2N)C1. The number of nitrogen functional groups attached to an aromatic ring is 1. The minimum atomic E-state index is -0.0735. The average molecular weight is 312 g/mol. The molecule has 1 aromatic rings. The Balaban J connectivity index is 1.60. The lowest BCUT2D eigenvalue weighted by atomic mass is 10.2. The summed E-state index contributed by atoms with van der Waals surface area (Å²) in [4.78, 5) is 17.1. The van der Waals surface area contributed by atoms with Gasteiger partial charge < -0.3 is 16.4 Å². The van der Waals surface area contributed by atoms with Gasteiger partial charge in [-0.3, -0.25) is 4.79 Å². The number of thioether (sulfide) groups is 1. The molecule has 2 fully saturated rings. The molecule has 2 aliphatic carbocycles. The lowest BCUT2D eigenvalue weighted by Gasteiger charge is -2.11. The molecule has 2 unspecified atom stereocenters. The number of rotatable bonds is 5. The van der Waals surface area contributed by atoms with Gasteiger partial charge in [0.25, 0.3) is 5.91 Å². The molecule has 0 aliphatic heterocycles. The second-order valence-corrected chi connectivity index (χ2v) is 7.63. The average Bonchev–Trinajstić information content (AvgIpc) is 2.98. The van der Waals surface area contributed by atoms with Crippen molar-refractivity contribution in [3.05, 3.63) is 4.88 Å². The Morgan fingerprint density at radius 2 is 2.10 bits per heavy atom.